The predicted octanol–water partition coefficient (Wildman–Crippen LogP) is 3.89. The first-order valence-electron chi connectivity index (χ1n) is 8.45. The fourth-order valence-electron chi connectivity index (χ4n) is 4.64. The highest BCUT2D eigenvalue weighted by molar-refractivity contribution is 6.01. The molecule has 0 amide bonds. The first-order chi connectivity index (χ1) is 11.7. The van der Waals surface area contributed by atoms with Gasteiger partial charge in [-0.3, -0.25) is 9.59 Å². The summed E-state index contributed by atoms with van der Waals surface area (Å²) in [5.41, 5.74) is 1.73. The molecular weight excluding hydrogens is 300 g/mol. The summed E-state index contributed by atoms with van der Waals surface area (Å²) in [6, 6.07) is 17.2. The van der Waals surface area contributed by atoms with Gasteiger partial charge in [0, 0.05) is 29.7 Å². The van der Waals surface area contributed by atoms with Gasteiger partial charge in [0.05, 0.1) is 7.11 Å². The van der Waals surface area contributed by atoms with E-state index in [-0.39, 0.29) is 29.5 Å². The number of rotatable bonds is 4. The Kier molecular flexibility index (Phi) is 3.72. The van der Waals surface area contributed by atoms with Crippen LogP contribution in [-0.2, 0) is 4.79 Å². The summed E-state index contributed by atoms with van der Waals surface area (Å²) in [7, 11) is 1.64. The summed E-state index contributed by atoms with van der Waals surface area (Å²) in [5.74, 6) is 1.13. The number of Topliss-reactive ketones (excluding diaryl/α,β-unsaturated/α-hetero) is 2. The van der Waals surface area contributed by atoms with Crippen LogP contribution in [0.15, 0.2) is 54.6 Å². The van der Waals surface area contributed by atoms with E-state index in [4.69, 9.17) is 4.74 Å². The second-order valence-electron chi connectivity index (χ2n) is 6.80. The van der Waals surface area contributed by atoms with Gasteiger partial charge in [-0.2, -0.15) is 0 Å². The summed E-state index contributed by atoms with van der Waals surface area (Å²) >= 11 is 0. The third kappa shape index (κ3) is 2.27. The van der Waals surface area contributed by atoms with Gasteiger partial charge >= 0.3 is 0 Å². The van der Waals surface area contributed by atoms with E-state index < -0.39 is 0 Å². The molecule has 122 valence electrons. The Morgan fingerprint density at radius 1 is 1.04 bits per heavy atom. The van der Waals surface area contributed by atoms with Crippen molar-refractivity contribution in [2.24, 2.45) is 17.8 Å². The molecule has 4 atom stereocenters. The van der Waals surface area contributed by atoms with Crippen molar-refractivity contribution >= 4 is 11.6 Å². The minimum atomic E-state index is -0.133. The van der Waals surface area contributed by atoms with Crippen LogP contribution >= 0.6 is 0 Å². The van der Waals surface area contributed by atoms with Crippen LogP contribution in [-0.4, -0.2) is 18.7 Å². The zero-order valence-electron chi connectivity index (χ0n) is 13.6. The van der Waals surface area contributed by atoms with Gasteiger partial charge in [-0.15, -0.1) is 0 Å². The lowest BCUT2D eigenvalue weighted by Crippen LogP contribution is -2.32. The molecule has 3 nitrogen and oxygen atoms in total. The van der Waals surface area contributed by atoms with Crippen molar-refractivity contribution in [1.82, 2.24) is 0 Å². The second kappa shape index (κ2) is 5.90. The quantitative estimate of drug-likeness (QED) is 0.803. The van der Waals surface area contributed by atoms with Gasteiger partial charge in [-0.1, -0.05) is 48.5 Å². The van der Waals surface area contributed by atoms with Crippen LogP contribution in [0, 0.1) is 17.8 Å². The van der Waals surface area contributed by atoms with Crippen molar-refractivity contribution in [2.45, 2.75) is 18.8 Å². The van der Waals surface area contributed by atoms with E-state index in [9.17, 15) is 9.59 Å². The maximum Gasteiger partial charge on any atom is 0.166 e. The SMILES string of the molecule is COc1ccccc1[C@H]1C2CC(CC2=O)[C@@H]1C(=O)c1ccccc1. The molecule has 4 rings (SSSR count). The average molecular weight is 320 g/mol. The molecule has 2 unspecified atom stereocenters. The molecule has 2 saturated carbocycles. The Labute approximate surface area is 141 Å². The zero-order valence-corrected chi connectivity index (χ0v) is 13.6. The van der Waals surface area contributed by atoms with E-state index in [1.54, 1.807) is 7.11 Å². The van der Waals surface area contributed by atoms with Crippen molar-refractivity contribution in [3.63, 3.8) is 0 Å². The van der Waals surface area contributed by atoms with Gasteiger partial charge in [0.25, 0.3) is 0 Å². The number of benzene rings is 2. The molecule has 2 fully saturated rings. The highest BCUT2D eigenvalue weighted by Gasteiger charge is 2.55. The van der Waals surface area contributed by atoms with Crippen molar-refractivity contribution in [3.8, 4) is 5.75 Å². The highest BCUT2D eigenvalue weighted by atomic mass is 16.5. The molecule has 0 saturated heterocycles. The van der Waals surface area contributed by atoms with E-state index in [0.717, 1.165) is 23.3 Å². The summed E-state index contributed by atoms with van der Waals surface area (Å²) in [6.45, 7) is 0. The van der Waals surface area contributed by atoms with Crippen LogP contribution in [0.4, 0.5) is 0 Å². The van der Waals surface area contributed by atoms with Crippen LogP contribution in [0.5, 0.6) is 5.75 Å². The van der Waals surface area contributed by atoms with Gasteiger partial charge < -0.3 is 4.74 Å². The number of hydrogen-bond donors (Lipinski definition) is 0. The molecule has 2 aromatic carbocycles. The van der Waals surface area contributed by atoms with Gasteiger partial charge in [0.2, 0.25) is 0 Å². The largest absolute Gasteiger partial charge is 0.496 e. The first kappa shape index (κ1) is 15.1. The third-order valence-electron chi connectivity index (χ3n) is 5.62. The molecule has 2 aliphatic rings. The fraction of sp³-hybridized carbons (Fsp3) is 0.333. The smallest absolute Gasteiger partial charge is 0.166 e. The van der Waals surface area contributed by atoms with Crippen molar-refractivity contribution in [2.75, 3.05) is 7.11 Å². The summed E-state index contributed by atoms with van der Waals surface area (Å²) in [6.07, 6.45) is 1.37. The van der Waals surface area contributed by atoms with E-state index >= 15 is 0 Å². The number of ether oxygens (including phenoxy) is 1. The topological polar surface area (TPSA) is 43.4 Å². The molecule has 2 bridgehead atoms. The monoisotopic (exact) mass is 320 g/mol. The maximum atomic E-state index is 13.2. The Bertz CT molecular complexity index is 781. The number of carbonyl (C=O) groups excluding carboxylic acids is 2. The van der Waals surface area contributed by atoms with Gasteiger partial charge in [-0.05, 0) is 24.0 Å². The lowest BCUT2D eigenvalue weighted by Gasteiger charge is -2.30. The molecule has 2 aliphatic carbocycles. The zero-order chi connectivity index (χ0) is 16.7. The number of methoxy groups -OCH3 is 1. The fourth-order valence-corrected chi connectivity index (χ4v) is 4.64. The Morgan fingerprint density at radius 3 is 2.50 bits per heavy atom. The molecule has 0 aromatic heterocycles. The second-order valence-corrected chi connectivity index (χ2v) is 6.80. The number of fused-ring (bicyclic) bond motifs is 2. The number of carbonyl (C=O) groups is 2. The summed E-state index contributed by atoms with van der Waals surface area (Å²) < 4.78 is 5.51. The molecule has 0 radical (unpaired) electrons. The lowest BCUT2D eigenvalue weighted by molar-refractivity contribution is -0.122. The van der Waals surface area contributed by atoms with Crippen LogP contribution in [0.25, 0.3) is 0 Å². The molecule has 0 aliphatic heterocycles. The summed E-state index contributed by atoms with van der Waals surface area (Å²) in [4.78, 5) is 25.5. The standard InChI is InChI=1S/C21H20O3/c1-24-18-10-6-5-9-15(18)20-16-11-14(12-17(16)22)19(20)21(23)13-7-3-2-4-8-13/h2-10,14,16,19-20H,11-12H2,1H3/t14?,16?,19-,20-/m0/s1. The van der Waals surface area contributed by atoms with Gasteiger partial charge in [0.15, 0.2) is 5.78 Å². The molecule has 2 aromatic rings. The van der Waals surface area contributed by atoms with Gasteiger partial charge in [0.1, 0.15) is 11.5 Å². The Hall–Kier alpha value is -2.42. The normalized spacial score (nSPS) is 28.1. The van der Waals surface area contributed by atoms with Crippen LogP contribution < -0.4 is 4.74 Å². The van der Waals surface area contributed by atoms with Crippen LogP contribution in [0.2, 0.25) is 0 Å². The average Bonchev–Trinajstić information content (AvgIpc) is 3.18. The van der Waals surface area contributed by atoms with Gasteiger partial charge in [-0.25, -0.2) is 0 Å². The molecular formula is C21H20O3. The molecule has 3 heteroatoms. The minimum absolute atomic E-state index is 0.0519. The number of para-hydroxylation sites is 1. The number of ketones is 2. The Morgan fingerprint density at radius 2 is 1.75 bits per heavy atom. The number of hydrogen-bond acceptors (Lipinski definition) is 3. The highest BCUT2D eigenvalue weighted by Crippen LogP contribution is 2.57. The molecule has 0 heterocycles. The van der Waals surface area contributed by atoms with Crippen LogP contribution in [0.1, 0.15) is 34.7 Å². The predicted molar refractivity (Wildman–Crippen MR) is 91.2 cm³/mol. The van der Waals surface area contributed by atoms with E-state index in [0.29, 0.717) is 12.2 Å². The van der Waals surface area contributed by atoms with Crippen molar-refractivity contribution in [3.05, 3.63) is 65.7 Å². The summed E-state index contributed by atoms with van der Waals surface area (Å²) in [5, 5.41) is 0. The minimum Gasteiger partial charge on any atom is -0.496 e. The van der Waals surface area contributed by atoms with Crippen molar-refractivity contribution < 1.29 is 14.3 Å². The maximum absolute atomic E-state index is 13.2. The molecule has 24 heavy (non-hydrogen) atoms. The molecule has 0 spiro atoms. The van der Waals surface area contributed by atoms with Crippen LogP contribution in [0.3, 0.4) is 0 Å². The third-order valence-corrected chi connectivity index (χ3v) is 5.62. The van der Waals surface area contributed by atoms with E-state index in [2.05, 4.69) is 0 Å². The molecule has 0 N–H and O–H groups in total. The Balaban J connectivity index is 1.78. The first-order valence-corrected chi connectivity index (χ1v) is 8.45. The van der Waals surface area contributed by atoms with E-state index in [1.165, 1.54) is 0 Å². The van der Waals surface area contributed by atoms with E-state index in [1.807, 2.05) is 54.6 Å². The lowest BCUT2D eigenvalue weighted by atomic mass is 9.71. The van der Waals surface area contributed by atoms with Crippen molar-refractivity contribution in [1.29, 1.82) is 0 Å².